The van der Waals surface area contributed by atoms with Gasteiger partial charge in [-0.25, -0.2) is 0 Å². The maximum absolute atomic E-state index is 12.0. The van der Waals surface area contributed by atoms with E-state index in [-0.39, 0.29) is 5.94 Å². The second kappa shape index (κ2) is 32.6. The van der Waals surface area contributed by atoms with Gasteiger partial charge in [-0.2, -0.15) is 47.0 Å². The SMILES string of the molecule is CCCS(=O)CCSCSCSCCSC(=O)CCSCSCSCCCS(=O)CSCCSCO. The Kier molecular flexibility index (Phi) is 35.4. The molecule has 0 bridgehead atoms. The Balaban J connectivity index is 3.26. The summed E-state index contributed by atoms with van der Waals surface area (Å²) in [6.07, 6.45) is 2.66. The van der Waals surface area contributed by atoms with E-state index in [2.05, 4.69) is 6.92 Å². The molecule has 0 aromatic carbocycles. The van der Waals surface area contributed by atoms with Crippen LogP contribution < -0.4 is 0 Å². The molecule has 1 N–H and O–H groups in total. The molecule has 0 radical (unpaired) electrons. The molecule has 216 valence electrons. The number of aliphatic hydroxyl groups is 1. The molecule has 4 nitrogen and oxygen atoms in total. The van der Waals surface area contributed by atoms with Crippen LogP contribution >= 0.6 is 106 Å². The molecule has 0 fully saturated rings. The van der Waals surface area contributed by atoms with Crippen LogP contribution in [-0.4, -0.2) is 108 Å². The molecular formula is C21H42O4S11. The topological polar surface area (TPSA) is 71.4 Å². The molecule has 0 aromatic rings. The van der Waals surface area contributed by atoms with Crippen molar-refractivity contribution in [1.29, 1.82) is 0 Å². The van der Waals surface area contributed by atoms with Gasteiger partial charge in [0.2, 0.25) is 0 Å². The Labute approximate surface area is 263 Å². The van der Waals surface area contributed by atoms with Crippen molar-refractivity contribution in [3.8, 4) is 0 Å². The summed E-state index contributed by atoms with van der Waals surface area (Å²) in [5.74, 6) is 9.33. The maximum atomic E-state index is 12.0. The number of aliphatic hydroxyl groups excluding tert-OH is 1. The van der Waals surface area contributed by atoms with Crippen molar-refractivity contribution in [3.05, 3.63) is 0 Å². The van der Waals surface area contributed by atoms with E-state index in [4.69, 9.17) is 5.11 Å². The van der Waals surface area contributed by atoms with Crippen molar-refractivity contribution < 1.29 is 18.3 Å². The second-order valence-electron chi connectivity index (χ2n) is 6.89. The van der Waals surface area contributed by atoms with Gasteiger partial charge in [0.1, 0.15) is 0 Å². The molecule has 2 atom stereocenters. The summed E-state index contributed by atoms with van der Waals surface area (Å²) < 4.78 is 23.5. The number of thioether (sulfide) groups is 9. The zero-order valence-corrected chi connectivity index (χ0v) is 30.1. The first-order valence-electron chi connectivity index (χ1n) is 11.7. The summed E-state index contributed by atoms with van der Waals surface area (Å²) in [7, 11) is -1.36. The molecule has 15 heteroatoms. The quantitative estimate of drug-likeness (QED) is 0.0676. The highest BCUT2D eigenvalue weighted by atomic mass is 32.2. The van der Waals surface area contributed by atoms with E-state index in [0.717, 1.165) is 90.7 Å². The standard InChI is InChI=1S/C21H42O4S11/c1-2-12-35(24)14-11-30-19-33-18-29-9-10-34-21(23)4-6-28-17-32-16-27-5-3-13-36(25)20-31-8-7-26-15-22/h22H,2-20H2,1H3. The minimum Gasteiger partial charge on any atom is -0.386 e. The van der Waals surface area contributed by atoms with E-state index in [0.29, 0.717) is 16.6 Å². The van der Waals surface area contributed by atoms with Crippen molar-refractivity contribution in [2.45, 2.75) is 26.2 Å². The second-order valence-corrected chi connectivity index (χ2v) is 21.7. The van der Waals surface area contributed by atoms with Crippen LogP contribution in [0.5, 0.6) is 0 Å². The number of hydrogen-bond donors (Lipinski definition) is 1. The summed E-state index contributed by atoms with van der Waals surface area (Å²) in [6, 6.07) is 0. The minimum absolute atomic E-state index is 0.167. The summed E-state index contributed by atoms with van der Waals surface area (Å²) >= 11 is 16.0. The Bertz CT molecular complexity index is 544. The smallest absolute Gasteiger partial charge is 0.189 e. The van der Waals surface area contributed by atoms with Crippen molar-refractivity contribution in [2.24, 2.45) is 0 Å². The van der Waals surface area contributed by atoms with Gasteiger partial charge in [0.15, 0.2) is 5.12 Å². The average Bonchev–Trinajstić information content (AvgIpc) is 2.86. The Morgan fingerprint density at radius 3 is 1.94 bits per heavy atom. The number of rotatable bonds is 29. The monoisotopic (exact) mass is 710 g/mol. The lowest BCUT2D eigenvalue weighted by molar-refractivity contribution is -0.110. The van der Waals surface area contributed by atoms with E-state index in [1.807, 2.05) is 70.6 Å². The van der Waals surface area contributed by atoms with Gasteiger partial charge in [-0.15, -0.1) is 47.0 Å². The molecule has 36 heavy (non-hydrogen) atoms. The van der Waals surface area contributed by atoms with Gasteiger partial charge in [0.25, 0.3) is 0 Å². The van der Waals surface area contributed by atoms with Crippen molar-refractivity contribution >= 4 is 133 Å². The molecule has 0 heterocycles. The van der Waals surface area contributed by atoms with Crippen LogP contribution in [0.1, 0.15) is 26.2 Å². The van der Waals surface area contributed by atoms with E-state index in [9.17, 15) is 13.2 Å². The van der Waals surface area contributed by atoms with Crippen LogP contribution in [0.2, 0.25) is 0 Å². The highest BCUT2D eigenvalue weighted by Gasteiger charge is 2.04. The fourth-order valence-corrected chi connectivity index (χ4v) is 15.1. The van der Waals surface area contributed by atoms with Crippen LogP contribution in [0.4, 0.5) is 0 Å². The fraction of sp³-hybridized carbons (Fsp3) is 0.952. The molecule has 0 saturated carbocycles. The summed E-state index contributed by atoms with van der Waals surface area (Å²) in [6.45, 7) is 2.08. The van der Waals surface area contributed by atoms with Crippen LogP contribution in [0.3, 0.4) is 0 Å². The molecule has 0 aliphatic heterocycles. The first-order valence-corrected chi connectivity index (χ1v) is 24.9. The first kappa shape index (κ1) is 39.1. The Morgan fingerprint density at radius 2 is 1.25 bits per heavy atom. The number of hydrogen-bond acceptors (Lipinski definition) is 13. The Morgan fingerprint density at radius 1 is 0.639 bits per heavy atom. The Hall–Kier alpha value is 3.08. The summed E-state index contributed by atoms with van der Waals surface area (Å²) in [4.78, 5) is 12.0. The molecule has 0 aliphatic carbocycles. The lowest BCUT2D eigenvalue weighted by Crippen LogP contribution is -2.03. The average molecular weight is 711 g/mol. The van der Waals surface area contributed by atoms with E-state index in [1.54, 1.807) is 11.8 Å². The highest BCUT2D eigenvalue weighted by molar-refractivity contribution is 8.23. The molecule has 0 spiro atoms. The third kappa shape index (κ3) is 31.6. The van der Waals surface area contributed by atoms with Crippen molar-refractivity contribution in [1.82, 2.24) is 0 Å². The van der Waals surface area contributed by atoms with Gasteiger partial charge in [0, 0.05) is 100 Å². The minimum atomic E-state index is -0.729. The predicted molar refractivity (Wildman–Crippen MR) is 189 cm³/mol. The van der Waals surface area contributed by atoms with E-state index < -0.39 is 21.6 Å². The number of carbonyl (C=O) groups excluding carboxylic acids is 1. The van der Waals surface area contributed by atoms with E-state index >= 15 is 0 Å². The lowest BCUT2D eigenvalue weighted by Gasteiger charge is -2.04. The summed E-state index contributed by atoms with van der Waals surface area (Å²) in [5.41, 5.74) is 0. The van der Waals surface area contributed by atoms with Crippen LogP contribution in [0.25, 0.3) is 0 Å². The van der Waals surface area contributed by atoms with Crippen LogP contribution in [0, 0.1) is 0 Å². The van der Waals surface area contributed by atoms with Crippen molar-refractivity contribution in [3.63, 3.8) is 0 Å². The van der Waals surface area contributed by atoms with Crippen LogP contribution in [0.15, 0.2) is 0 Å². The third-order valence-corrected chi connectivity index (χ3v) is 18.1. The van der Waals surface area contributed by atoms with Crippen LogP contribution in [-0.2, 0) is 26.4 Å². The molecule has 2 unspecified atom stereocenters. The lowest BCUT2D eigenvalue weighted by atomic mass is 10.5. The third-order valence-electron chi connectivity index (χ3n) is 3.83. The van der Waals surface area contributed by atoms with Gasteiger partial charge in [-0.3, -0.25) is 13.2 Å². The van der Waals surface area contributed by atoms with Gasteiger partial charge < -0.3 is 5.11 Å². The van der Waals surface area contributed by atoms with Gasteiger partial charge >= 0.3 is 0 Å². The molecule has 0 aromatic heterocycles. The normalized spacial score (nSPS) is 13.2. The molecular weight excluding hydrogens is 669 g/mol. The molecule has 0 amide bonds. The predicted octanol–water partition coefficient (Wildman–Crippen LogP) is 6.54. The molecule has 0 rings (SSSR count). The van der Waals surface area contributed by atoms with Gasteiger partial charge in [-0.1, -0.05) is 18.7 Å². The highest BCUT2D eigenvalue weighted by Crippen LogP contribution is 2.21. The van der Waals surface area contributed by atoms with Gasteiger partial charge in [-0.05, 0) is 18.6 Å². The molecule has 0 aliphatic rings. The largest absolute Gasteiger partial charge is 0.386 e. The first-order chi connectivity index (χ1) is 17.6. The van der Waals surface area contributed by atoms with Gasteiger partial charge in [0.05, 0.1) is 11.0 Å². The maximum Gasteiger partial charge on any atom is 0.189 e. The molecule has 0 saturated heterocycles. The fourth-order valence-electron chi connectivity index (χ4n) is 2.18. The number of carbonyl (C=O) groups is 1. The van der Waals surface area contributed by atoms with E-state index in [1.165, 1.54) is 23.5 Å². The van der Waals surface area contributed by atoms with Crippen molar-refractivity contribution in [2.75, 3.05) is 88.9 Å². The zero-order chi connectivity index (χ0) is 26.5. The zero-order valence-electron chi connectivity index (χ0n) is 21.1. The summed E-state index contributed by atoms with van der Waals surface area (Å²) in [5, 5.41) is 13.9.